The Morgan fingerprint density at radius 1 is 1.24 bits per heavy atom. The molecular formula is C18H20N2O4S. The van der Waals surface area contributed by atoms with E-state index in [9.17, 15) is 13.2 Å². The molecule has 0 aliphatic heterocycles. The quantitative estimate of drug-likeness (QED) is 0.629. The summed E-state index contributed by atoms with van der Waals surface area (Å²) in [6.45, 7) is 5.66. The average Bonchev–Trinajstić information content (AvgIpc) is 2.60. The van der Waals surface area contributed by atoms with Crippen LogP contribution in [0.2, 0.25) is 0 Å². The number of anilines is 1. The van der Waals surface area contributed by atoms with Crippen LogP contribution in [-0.2, 0) is 10.0 Å². The van der Waals surface area contributed by atoms with Crippen molar-refractivity contribution in [1.29, 1.82) is 0 Å². The molecule has 2 aromatic carbocycles. The lowest BCUT2D eigenvalue weighted by molar-refractivity contribution is 0.0696. The fourth-order valence-corrected chi connectivity index (χ4v) is 3.75. The zero-order valence-corrected chi connectivity index (χ0v) is 14.6. The topological polar surface area (TPSA) is 95.5 Å². The summed E-state index contributed by atoms with van der Waals surface area (Å²) in [4.78, 5) is 11.1. The van der Waals surface area contributed by atoms with Crippen molar-refractivity contribution in [2.45, 2.75) is 17.9 Å². The molecule has 0 radical (unpaired) electrons. The van der Waals surface area contributed by atoms with E-state index >= 15 is 0 Å². The van der Waals surface area contributed by atoms with Gasteiger partial charge < -0.3 is 10.4 Å². The largest absolute Gasteiger partial charge is 0.478 e. The molecule has 0 aliphatic rings. The third-order valence-electron chi connectivity index (χ3n) is 3.59. The number of carbonyl (C=O) groups is 1. The van der Waals surface area contributed by atoms with Crippen LogP contribution in [0.4, 0.5) is 5.69 Å². The Hall–Kier alpha value is -2.64. The minimum Gasteiger partial charge on any atom is -0.478 e. The van der Waals surface area contributed by atoms with Crippen LogP contribution in [0.5, 0.6) is 0 Å². The number of carboxylic acid groups (broad SMARTS) is 1. The second kappa shape index (κ2) is 7.96. The molecule has 0 amide bonds. The van der Waals surface area contributed by atoms with Gasteiger partial charge in [0.25, 0.3) is 0 Å². The molecule has 0 saturated heterocycles. The van der Waals surface area contributed by atoms with Gasteiger partial charge in [-0.05, 0) is 30.7 Å². The first kappa shape index (κ1) is 18.7. The summed E-state index contributed by atoms with van der Waals surface area (Å²) in [7, 11) is -3.93. The maximum absolute atomic E-state index is 12.8. The Morgan fingerprint density at radius 3 is 2.52 bits per heavy atom. The highest BCUT2D eigenvalue weighted by Gasteiger charge is 2.23. The van der Waals surface area contributed by atoms with E-state index in [4.69, 9.17) is 5.11 Å². The zero-order valence-electron chi connectivity index (χ0n) is 13.8. The van der Waals surface area contributed by atoms with Crippen LogP contribution < -0.4 is 10.0 Å². The molecule has 1 atom stereocenters. The van der Waals surface area contributed by atoms with Gasteiger partial charge in [0.05, 0.1) is 11.3 Å². The summed E-state index contributed by atoms with van der Waals surface area (Å²) < 4.78 is 28.2. The van der Waals surface area contributed by atoms with Gasteiger partial charge in [-0.3, -0.25) is 0 Å². The molecule has 2 aromatic rings. The molecule has 25 heavy (non-hydrogen) atoms. The van der Waals surface area contributed by atoms with Crippen LogP contribution in [0, 0.1) is 0 Å². The van der Waals surface area contributed by atoms with Gasteiger partial charge in [0.2, 0.25) is 10.0 Å². The number of carboxylic acids is 1. The minimum absolute atomic E-state index is 0.100. The summed E-state index contributed by atoms with van der Waals surface area (Å²) in [5.74, 6) is -1.19. The zero-order chi connectivity index (χ0) is 18.4. The number of aromatic carboxylic acids is 1. The lowest BCUT2D eigenvalue weighted by atomic mass is 10.1. The molecule has 0 aromatic heterocycles. The molecule has 6 nitrogen and oxygen atoms in total. The van der Waals surface area contributed by atoms with Crippen molar-refractivity contribution in [3.05, 3.63) is 72.3 Å². The van der Waals surface area contributed by atoms with Crippen LogP contribution >= 0.6 is 0 Å². The molecule has 0 heterocycles. The van der Waals surface area contributed by atoms with Crippen molar-refractivity contribution < 1.29 is 18.3 Å². The monoisotopic (exact) mass is 360 g/mol. The van der Waals surface area contributed by atoms with Gasteiger partial charge in [0, 0.05) is 12.6 Å². The lowest BCUT2D eigenvalue weighted by Crippen LogP contribution is -2.28. The molecule has 0 fully saturated rings. The van der Waals surface area contributed by atoms with Crippen molar-refractivity contribution >= 4 is 21.7 Å². The molecule has 0 bridgehead atoms. The van der Waals surface area contributed by atoms with Gasteiger partial charge in [0.1, 0.15) is 4.90 Å². The second-order valence-corrected chi connectivity index (χ2v) is 7.12. The first-order valence-corrected chi connectivity index (χ1v) is 9.13. The van der Waals surface area contributed by atoms with Gasteiger partial charge in [0.15, 0.2) is 0 Å². The van der Waals surface area contributed by atoms with Crippen LogP contribution in [0.3, 0.4) is 0 Å². The van der Waals surface area contributed by atoms with E-state index in [0.29, 0.717) is 12.2 Å². The SMILES string of the molecule is C=CCNc1ccc(C(=O)O)cc1S(=O)(=O)N[C@H](C)c1ccccc1. The standard InChI is InChI=1S/C18H20N2O4S/c1-3-11-19-16-10-9-15(18(21)22)12-17(16)25(23,24)20-13(2)14-7-5-4-6-8-14/h3-10,12-13,19-20H,1,11H2,2H3,(H,21,22)/t13-/m1/s1. The van der Waals surface area contributed by atoms with E-state index in [0.717, 1.165) is 11.6 Å². The predicted molar refractivity (Wildman–Crippen MR) is 97.3 cm³/mol. The number of rotatable bonds is 8. The van der Waals surface area contributed by atoms with Crippen LogP contribution in [0.1, 0.15) is 28.9 Å². The molecule has 132 valence electrons. The Kier molecular flexibility index (Phi) is 5.95. The lowest BCUT2D eigenvalue weighted by Gasteiger charge is -2.17. The van der Waals surface area contributed by atoms with Gasteiger partial charge in [-0.15, -0.1) is 6.58 Å². The van der Waals surface area contributed by atoms with Gasteiger partial charge >= 0.3 is 5.97 Å². The van der Waals surface area contributed by atoms with Gasteiger partial charge in [-0.25, -0.2) is 17.9 Å². The number of hydrogen-bond acceptors (Lipinski definition) is 4. The fraction of sp³-hybridized carbons (Fsp3) is 0.167. The number of sulfonamides is 1. The van der Waals surface area contributed by atoms with Gasteiger partial charge in [-0.1, -0.05) is 36.4 Å². The molecule has 0 unspecified atom stereocenters. The summed E-state index contributed by atoms with van der Waals surface area (Å²) in [5, 5.41) is 12.1. The van der Waals surface area contributed by atoms with E-state index < -0.39 is 22.0 Å². The van der Waals surface area contributed by atoms with Crippen molar-refractivity contribution in [1.82, 2.24) is 4.72 Å². The third kappa shape index (κ3) is 4.68. The highest BCUT2D eigenvalue weighted by molar-refractivity contribution is 7.89. The van der Waals surface area contributed by atoms with Gasteiger partial charge in [-0.2, -0.15) is 0 Å². The average molecular weight is 360 g/mol. The van der Waals surface area contributed by atoms with E-state index in [-0.39, 0.29) is 10.5 Å². The summed E-state index contributed by atoms with van der Waals surface area (Å²) in [6.07, 6.45) is 1.58. The summed E-state index contributed by atoms with van der Waals surface area (Å²) in [5.41, 5.74) is 1.02. The van der Waals surface area contributed by atoms with Crippen molar-refractivity contribution in [2.75, 3.05) is 11.9 Å². The summed E-state index contributed by atoms with van der Waals surface area (Å²) in [6, 6.07) is 12.6. The summed E-state index contributed by atoms with van der Waals surface area (Å²) >= 11 is 0. The first-order chi connectivity index (χ1) is 11.8. The highest BCUT2D eigenvalue weighted by atomic mass is 32.2. The molecular weight excluding hydrogens is 340 g/mol. The van der Waals surface area contributed by atoms with E-state index in [1.54, 1.807) is 13.0 Å². The molecule has 7 heteroatoms. The predicted octanol–water partition coefficient (Wildman–Crippen LogP) is 3.02. The molecule has 0 saturated carbocycles. The first-order valence-electron chi connectivity index (χ1n) is 7.64. The van der Waals surface area contributed by atoms with Crippen LogP contribution in [0.15, 0.2) is 66.1 Å². The molecule has 0 aliphatic carbocycles. The van der Waals surface area contributed by atoms with E-state index in [1.165, 1.54) is 12.1 Å². The number of hydrogen-bond donors (Lipinski definition) is 3. The van der Waals surface area contributed by atoms with E-state index in [2.05, 4.69) is 16.6 Å². The third-order valence-corrected chi connectivity index (χ3v) is 5.17. The Morgan fingerprint density at radius 2 is 1.92 bits per heavy atom. The van der Waals surface area contributed by atoms with Crippen molar-refractivity contribution in [3.8, 4) is 0 Å². The number of benzene rings is 2. The maximum atomic E-state index is 12.8. The Balaban J connectivity index is 2.40. The smallest absolute Gasteiger partial charge is 0.335 e. The van der Waals surface area contributed by atoms with E-state index in [1.807, 2.05) is 30.3 Å². The maximum Gasteiger partial charge on any atom is 0.335 e. The molecule has 0 spiro atoms. The minimum atomic E-state index is -3.93. The van der Waals surface area contributed by atoms with Crippen molar-refractivity contribution in [2.24, 2.45) is 0 Å². The highest BCUT2D eigenvalue weighted by Crippen LogP contribution is 2.25. The molecule has 2 rings (SSSR count). The normalized spacial score (nSPS) is 12.4. The van der Waals surface area contributed by atoms with Crippen molar-refractivity contribution in [3.63, 3.8) is 0 Å². The van der Waals surface area contributed by atoms with Crippen LogP contribution in [-0.4, -0.2) is 26.0 Å². The fourth-order valence-electron chi connectivity index (χ4n) is 2.31. The molecule has 3 N–H and O–H groups in total. The second-order valence-electron chi connectivity index (χ2n) is 5.44. The van der Waals surface area contributed by atoms with Crippen LogP contribution in [0.25, 0.3) is 0 Å². The number of nitrogens with one attached hydrogen (secondary N) is 2. The Bertz CT molecular complexity index is 864. The Labute approximate surface area is 147 Å².